The first kappa shape index (κ1) is 11.0. The monoisotopic (exact) mass is 220 g/mol. The van der Waals surface area contributed by atoms with Crippen LogP contribution in [0, 0.1) is 5.92 Å². The highest BCUT2D eigenvalue weighted by molar-refractivity contribution is 5.73. The zero-order valence-corrected chi connectivity index (χ0v) is 9.39. The summed E-state index contributed by atoms with van der Waals surface area (Å²) < 4.78 is 10.7. The minimum absolute atomic E-state index is 0.0358. The lowest BCUT2D eigenvalue weighted by Gasteiger charge is -2.33. The zero-order chi connectivity index (χ0) is 11.4. The minimum atomic E-state index is -0.0876. The van der Waals surface area contributed by atoms with Gasteiger partial charge in [0.15, 0.2) is 0 Å². The Labute approximate surface area is 95.4 Å². The van der Waals surface area contributed by atoms with Crippen molar-refractivity contribution in [3.8, 4) is 5.75 Å². The molecule has 0 radical (unpaired) electrons. The molecule has 2 rings (SSSR count). The number of esters is 1. The Morgan fingerprint density at radius 3 is 2.62 bits per heavy atom. The van der Waals surface area contributed by atoms with Crippen molar-refractivity contribution in [3.05, 3.63) is 30.3 Å². The third-order valence-electron chi connectivity index (χ3n) is 2.76. The molecule has 0 unspecified atom stereocenters. The SMILES string of the molecule is CCOC(=O)C1CC(Oc2ccccc2)C1. The van der Waals surface area contributed by atoms with Crippen molar-refractivity contribution in [1.82, 2.24) is 0 Å². The standard InChI is InChI=1S/C13H16O3/c1-2-15-13(14)10-8-12(9-10)16-11-6-4-3-5-7-11/h3-7,10,12H,2,8-9H2,1H3. The third kappa shape index (κ3) is 2.54. The van der Waals surface area contributed by atoms with Gasteiger partial charge in [-0.25, -0.2) is 0 Å². The molecule has 86 valence electrons. The minimum Gasteiger partial charge on any atom is -0.490 e. The highest BCUT2D eigenvalue weighted by atomic mass is 16.5. The van der Waals surface area contributed by atoms with E-state index in [1.807, 2.05) is 37.3 Å². The molecule has 0 heterocycles. The Bertz CT molecular complexity index is 341. The summed E-state index contributed by atoms with van der Waals surface area (Å²) in [4.78, 5) is 11.3. The summed E-state index contributed by atoms with van der Waals surface area (Å²) in [6.45, 7) is 2.29. The zero-order valence-electron chi connectivity index (χ0n) is 9.39. The molecule has 0 N–H and O–H groups in total. The molecule has 0 spiro atoms. The van der Waals surface area contributed by atoms with Gasteiger partial charge in [0, 0.05) is 0 Å². The molecule has 0 bridgehead atoms. The molecule has 1 saturated carbocycles. The van der Waals surface area contributed by atoms with Gasteiger partial charge in [-0.2, -0.15) is 0 Å². The second-order valence-electron chi connectivity index (χ2n) is 3.97. The van der Waals surface area contributed by atoms with Crippen LogP contribution in [0.3, 0.4) is 0 Å². The molecule has 1 fully saturated rings. The number of carbonyl (C=O) groups excluding carboxylic acids is 1. The van der Waals surface area contributed by atoms with Gasteiger partial charge in [0.25, 0.3) is 0 Å². The van der Waals surface area contributed by atoms with Gasteiger partial charge in [0.05, 0.1) is 12.5 Å². The fraction of sp³-hybridized carbons (Fsp3) is 0.462. The van der Waals surface area contributed by atoms with Gasteiger partial charge in [-0.3, -0.25) is 4.79 Å². The smallest absolute Gasteiger partial charge is 0.309 e. The van der Waals surface area contributed by atoms with E-state index < -0.39 is 0 Å². The van der Waals surface area contributed by atoms with Crippen LogP contribution in [0.1, 0.15) is 19.8 Å². The fourth-order valence-electron chi connectivity index (χ4n) is 1.81. The number of carbonyl (C=O) groups is 1. The van der Waals surface area contributed by atoms with Crippen molar-refractivity contribution in [3.63, 3.8) is 0 Å². The summed E-state index contributed by atoms with van der Waals surface area (Å²) in [6, 6.07) is 9.69. The molecule has 0 aliphatic heterocycles. The summed E-state index contributed by atoms with van der Waals surface area (Å²) >= 11 is 0. The van der Waals surface area contributed by atoms with Gasteiger partial charge >= 0.3 is 5.97 Å². The number of hydrogen-bond donors (Lipinski definition) is 0. The van der Waals surface area contributed by atoms with E-state index in [4.69, 9.17) is 9.47 Å². The van der Waals surface area contributed by atoms with Gasteiger partial charge in [-0.1, -0.05) is 18.2 Å². The van der Waals surface area contributed by atoms with Crippen LogP contribution in [0.25, 0.3) is 0 Å². The lowest BCUT2D eigenvalue weighted by atomic mass is 9.82. The highest BCUT2D eigenvalue weighted by Crippen LogP contribution is 2.32. The van der Waals surface area contributed by atoms with Gasteiger partial charge in [0.2, 0.25) is 0 Å². The maximum Gasteiger partial charge on any atom is 0.309 e. The van der Waals surface area contributed by atoms with Crippen molar-refractivity contribution < 1.29 is 14.3 Å². The Hall–Kier alpha value is -1.51. The highest BCUT2D eigenvalue weighted by Gasteiger charge is 2.37. The van der Waals surface area contributed by atoms with Crippen molar-refractivity contribution in [2.24, 2.45) is 5.92 Å². The summed E-state index contributed by atoms with van der Waals surface area (Å²) in [5, 5.41) is 0. The number of para-hydroxylation sites is 1. The normalized spacial score (nSPS) is 23.3. The second kappa shape index (κ2) is 5.01. The lowest BCUT2D eigenvalue weighted by molar-refractivity contribution is -0.154. The molecule has 0 saturated heterocycles. The number of rotatable bonds is 4. The summed E-state index contributed by atoms with van der Waals surface area (Å²) in [6.07, 6.45) is 1.71. The van der Waals surface area contributed by atoms with Crippen molar-refractivity contribution in [2.75, 3.05) is 6.61 Å². The van der Waals surface area contributed by atoms with E-state index in [0.29, 0.717) is 6.61 Å². The molecule has 0 aromatic heterocycles. The topological polar surface area (TPSA) is 35.5 Å². The number of benzene rings is 1. The third-order valence-corrected chi connectivity index (χ3v) is 2.76. The maximum absolute atomic E-state index is 11.3. The second-order valence-corrected chi connectivity index (χ2v) is 3.97. The summed E-state index contributed by atoms with van der Waals surface area (Å²) in [5.41, 5.74) is 0. The van der Waals surface area contributed by atoms with Crippen LogP contribution in [-0.2, 0) is 9.53 Å². The largest absolute Gasteiger partial charge is 0.490 e. The lowest BCUT2D eigenvalue weighted by Crippen LogP contribution is -2.39. The van der Waals surface area contributed by atoms with Crippen LogP contribution in [0.2, 0.25) is 0 Å². The molecular formula is C13H16O3. The van der Waals surface area contributed by atoms with Crippen LogP contribution in [0.15, 0.2) is 30.3 Å². The van der Waals surface area contributed by atoms with Crippen molar-refractivity contribution in [1.29, 1.82) is 0 Å². The maximum atomic E-state index is 11.3. The van der Waals surface area contributed by atoms with E-state index in [0.717, 1.165) is 18.6 Å². The predicted octanol–water partition coefficient (Wildman–Crippen LogP) is 2.41. The average Bonchev–Trinajstić information content (AvgIpc) is 2.24. The molecule has 3 nitrogen and oxygen atoms in total. The Kier molecular flexibility index (Phi) is 3.44. The van der Waals surface area contributed by atoms with E-state index in [2.05, 4.69) is 0 Å². The van der Waals surface area contributed by atoms with Gasteiger partial charge in [-0.05, 0) is 31.9 Å². The van der Waals surface area contributed by atoms with Gasteiger partial charge in [-0.15, -0.1) is 0 Å². The van der Waals surface area contributed by atoms with Crippen LogP contribution in [-0.4, -0.2) is 18.7 Å². The molecule has 0 amide bonds. The first-order chi connectivity index (χ1) is 7.79. The number of ether oxygens (including phenoxy) is 2. The van der Waals surface area contributed by atoms with E-state index >= 15 is 0 Å². The fourth-order valence-corrected chi connectivity index (χ4v) is 1.81. The van der Waals surface area contributed by atoms with E-state index in [1.165, 1.54) is 0 Å². The van der Waals surface area contributed by atoms with Crippen molar-refractivity contribution in [2.45, 2.75) is 25.9 Å². The van der Waals surface area contributed by atoms with E-state index in [9.17, 15) is 4.79 Å². The molecule has 1 aliphatic carbocycles. The molecule has 1 aliphatic rings. The Balaban J connectivity index is 1.75. The van der Waals surface area contributed by atoms with Crippen LogP contribution >= 0.6 is 0 Å². The molecule has 0 atom stereocenters. The van der Waals surface area contributed by atoms with Crippen molar-refractivity contribution >= 4 is 5.97 Å². The van der Waals surface area contributed by atoms with E-state index in [1.54, 1.807) is 0 Å². The quantitative estimate of drug-likeness (QED) is 0.731. The van der Waals surface area contributed by atoms with Crippen LogP contribution in [0.4, 0.5) is 0 Å². The molecule has 3 heteroatoms. The van der Waals surface area contributed by atoms with Gasteiger partial charge < -0.3 is 9.47 Å². The number of hydrogen-bond acceptors (Lipinski definition) is 3. The first-order valence-electron chi connectivity index (χ1n) is 5.68. The first-order valence-corrected chi connectivity index (χ1v) is 5.68. The molecular weight excluding hydrogens is 204 g/mol. The predicted molar refractivity (Wildman–Crippen MR) is 60.2 cm³/mol. The summed E-state index contributed by atoms with van der Waals surface area (Å²) in [5.74, 6) is 0.818. The Morgan fingerprint density at radius 1 is 1.31 bits per heavy atom. The van der Waals surface area contributed by atoms with Crippen LogP contribution in [0.5, 0.6) is 5.75 Å². The van der Waals surface area contributed by atoms with E-state index in [-0.39, 0.29) is 18.0 Å². The van der Waals surface area contributed by atoms with Gasteiger partial charge in [0.1, 0.15) is 11.9 Å². The Morgan fingerprint density at radius 2 is 2.00 bits per heavy atom. The molecule has 1 aromatic carbocycles. The molecule has 1 aromatic rings. The molecule has 16 heavy (non-hydrogen) atoms. The van der Waals surface area contributed by atoms with Crippen LogP contribution < -0.4 is 4.74 Å². The average molecular weight is 220 g/mol. The summed E-state index contributed by atoms with van der Waals surface area (Å²) in [7, 11) is 0.